The summed E-state index contributed by atoms with van der Waals surface area (Å²) < 4.78 is 1.68. The molecule has 0 saturated heterocycles. The fourth-order valence-electron chi connectivity index (χ4n) is 3.81. The van der Waals surface area contributed by atoms with Gasteiger partial charge in [0.25, 0.3) is 0 Å². The van der Waals surface area contributed by atoms with Crippen LogP contribution in [-0.4, -0.2) is 32.6 Å². The third-order valence-corrected chi connectivity index (χ3v) is 5.66. The Bertz CT molecular complexity index is 795. The van der Waals surface area contributed by atoms with E-state index in [0.717, 1.165) is 36.9 Å². The second-order valence-electron chi connectivity index (χ2n) is 8.23. The first kappa shape index (κ1) is 21.0. The summed E-state index contributed by atoms with van der Waals surface area (Å²) in [5.74, 6) is -0.0654. The number of nitrogens with one attached hydrogen (secondary N) is 2. The van der Waals surface area contributed by atoms with Gasteiger partial charge in [0.1, 0.15) is 18.7 Å². The molecule has 0 aliphatic heterocycles. The molecule has 1 aliphatic carbocycles. The summed E-state index contributed by atoms with van der Waals surface area (Å²) in [7, 11) is 0. The normalized spacial score (nSPS) is 17.0. The Balaban J connectivity index is 1.60. The van der Waals surface area contributed by atoms with Crippen LogP contribution in [0.5, 0.6) is 0 Å². The SMILES string of the molecule is CC(NC(=O)C(NC(=O)C1CCCCC1)C(C)C)c1ccc(-n2cncn2)cc1. The monoisotopic (exact) mass is 397 g/mol. The van der Waals surface area contributed by atoms with E-state index in [4.69, 9.17) is 0 Å². The summed E-state index contributed by atoms with van der Waals surface area (Å²) >= 11 is 0. The number of hydrogen-bond donors (Lipinski definition) is 2. The minimum atomic E-state index is -0.527. The van der Waals surface area contributed by atoms with Crippen molar-refractivity contribution in [2.45, 2.75) is 65.0 Å². The first-order chi connectivity index (χ1) is 14.0. The number of carbonyl (C=O) groups is 2. The largest absolute Gasteiger partial charge is 0.348 e. The van der Waals surface area contributed by atoms with Crippen molar-refractivity contribution in [2.75, 3.05) is 0 Å². The number of aromatic nitrogens is 3. The van der Waals surface area contributed by atoms with E-state index in [1.54, 1.807) is 11.0 Å². The van der Waals surface area contributed by atoms with Gasteiger partial charge in [-0.3, -0.25) is 9.59 Å². The first-order valence-electron chi connectivity index (χ1n) is 10.5. The van der Waals surface area contributed by atoms with Gasteiger partial charge in [0.05, 0.1) is 11.7 Å². The Labute approximate surface area is 172 Å². The molecule has 7 nitrogen and oxygen atoms in total. The maximum atomic E-state index is 12.9. The van der Waals surface area contributed by atoms with Gasteiger partial charge in [-0.2, -0.15) is 5.10 Å². The molecular weight excluding hydrogens is 366 g/mol. The number of rotatable bonds is 7. The molecule has 7 heteroatoms. The highest BCUT2D eigenvalue weighted by atomic mass is 16.2. The molecule has 1 aliphatic rings. The van der Waals surface area contributed by atoms with Crippen LogP contribution >= 0.6 is 0 Å². The van der Waals surface area contributed by atoms with Gasteiger partial charge in [-0.1, -0.05) is 45.2 Å². The maximum Gasteiger partial charge on any atom is 0.243 e. The summed E-state index contributed by atoms with van der Waals surface area (Å²) in [6.45, 7) is 5.87. The standard InChI is InChI=1S/C22H31N5O2/c1-15(2)20(26-21(28)18-7-5-4-6-8-18)22(29)25-16(3)17-9-11-19(12-10-17)27-14-23-13-24-27/h9-16,18,20H,4-8H2,1-3H3,(H,25,29)(H,26,28). The summed E-state index contributed by atoms with van der Waals surface area (Å²) in [6.07, 6.45) is 8.37. The summed E-state index contributed by atoms with van der Waals surface area (Å²) in [6, 6.07) is 7.12. The molecular formula is C22H31N5O2. The number of nitrogens with zero attached hydrogens (tertiary/aromatic N) is 3. The molecule has 2 amide bonds. The zero-order chi connectivity index (χ0) is 20.8. The molecule has 156 valence electrons. The average molecular weight is 398 g/mol. The topological polar surface area (TPSA) is 88.9 Å². The molecule has 1 heterocycles. The molecule has 1 saturated carbocycles. The minimum absolute atomic E-state index is 0.0170. The lowest BCUT2D eigenvalue weighted by atomic mass is 9.88. The van der Waals surface area contributed by atoms with E-state index < -0.39 is 6.04 Å². The predicted octanol–water partition coefficient (Wildman–Crippen LogP) is 3.17. The van der Waals surface area contributed by atoms with E-state index in [-0.39, 0.29) is 29.7 Å². The van der Waals surface area contributed by atoms with Gasteiger partial charge < -0.3 is 10.6 Å². The molecule has 0 bridgehead atoms. The third-order valence-electron chi connectivity index (χ3n) is 5.66. The lowest BCUT2D eigenvalue weighted by molar-refractivity contribution is -0.133. The van der Waals surface area contributed by atoms with Crippen molar-refractivity contribution < 1.29 is 9.59 Å². The van der Waals surface area contributed by atoms with Crippen LogP contribution in [0.15, 0.2) is 36.9 Å². The van der Waals surface area contributed by atoms with Gasteiger partial charge in [-0.05, 0) is 43.4 Å². The summed E-state index contributed by atoms with van der Waals surface area (Å²) in [5, 5.41) is 10.2. The Morgan fingerprint density at radius 1 is 1.03 bits per heavy atom. The van der Waals surface area contributed by atoms with Crippen LogP contribution in [0.2, 0.25) is 0 Å². The smallest absolute Gasteiger partial charge is 0.243 e. The van der Waals surface area contributed by atoms with Gasteiger partial charge in [0.2, 0.25) is 11.8 Å². The molecule has 1 aromatic heterocycles. The van der Waals surface area contributed by atoms with Crippen LogP contribution in [0.3, 0.4) is 0 Å². The van der Waals surface area contributed by atoms with Gasteiger partial charge in [-0.15, -0.1) is 0 Å². The van der Waals surface area contributed by atoms with Crippen LogP contribution in [0.25, 0.3) is 5.69 Å². The predicted molar refractivity (Wildman–Crippen MR) is 111 cm³/mol. The maximum absolute atomic E-state index is 12.9. The summed E-state index contributed by atoms with van der Waals surface area (Å²) in [5.41, 5.74) is 1.90. The van der Waals surface area contributed by atoms with Crippen molar-refractivity contribution >= 4 is 11.8 Å². The lowest BCUT2D eigenvalue weighted by Crippen LogP contribution is -2.51. The van der Waals surface area contributed by atoms with Crippen molar-refractivity contribution in [1.29, 1.82) is 0 Å². The molecule has 2 atom stereocenters. The van der Waals surface area contributed by atoms with Gasteiger partial charge in [-0.25, -0.2) is 9.67 Å². The fraction of sp³-hybridized carbons (Fsp3) is 0.545. The Morgan fingerprint density at radius 2 is 1.72 bits per heavy atom. The zero-order valence-corrected chi connectivity index (χ0v) is 17.5. The highest BCUT2D eigenvalue weighted by Crippen LogP contribution is 2.24. The van der Waals surface area contributed by atoms with E-state index in [9.17, 15) is 9.59 Å². The van der Waals surface area contributed by atoms with Gasteiger partial charge in [0, 0.05) is 5.92 Å². The number of amides is 2. The summed E-state index contributed by atoms with van der Waals surface area (Å²) in [4.78, 5) is 29.5. The van der Waals surface area contributed by atoms with Crippen molar-refractivity contribution in [3.8, 4) is 5.69 Å². The van der Waals surface area contributed by atoms with Crippen molar-refractivity contribution in [1.82, 2.24) is 25.4 Å². The minimum Gasteiger partial charge on any atom is -0.348 e. The van der Waals surface area contributed by atoms with Crippen LogP contribution in [0.4, 0.5) is 0 Å². The van der Waals surface area contributed by atoms with Gasteiger partial charge in [0.15, 0.2) is 0 Å². The molecule has 0 radical (unpaired) electrons. The van der Waals surface area contributed by atoms with Crippen LogP contribution < -0.4 is 10.6 Å². The van der Waals surface area contributed by atoms with Crippen LogP contribution in [0, 0.1) is 11.8 Å². The zero-order valence-electron chi connectivity index (χ0n) is 17.5. The van der Waals surface area contributed by atoms with Crippen LogP contribution in [0.1, 0.15) is 64.5 Å². The number of carbonyl (C=O) groups excluding carboxylic acids is 2. The highest BCUT2D eigenvalue weighted by Gasteiger charge is 2.29. The third kappa shape index (κ3) is 5.43. The Kier molecular flexibility index (Phi) is 7.01. The number of hydrogen-bond acceptors (Lipinski definition) is 4. The van der Waals surface area contributed by atoms with E-state index in [2.05, 4.69) is 20.7 Å². The van der Waals surface area contributed by atoms with Crippen LogP contribution in [-0.2, 0) is 9.59 Å². The molecule has 0 spiro atoms. The second kappa shape index (κ2) is 9.67. The Hall–Kier alpha value is -2.70. The average Bonchev–Trinajstić information content (AvgIpc) is 3.27. The molecule has 1 fully saturated rings. The fourth-order valence-corrected chi connectivity index (χ4v) is 3.81. The molecule has 2 N–H and O–H groups in total. The highest BCUT2D eigenvalue weighted by molar-refractivity contribution is 5.88. The van der Waals surface area contributed by atoms with E-state index >= 15 is 0 Å². The molecule has 3 rings (SSSR count). The molecule has 2 unspecified atom stereocenters. The van der Waals surface area contributed by atoms with Crippen molar-refractivity contribution in [2.24, 2.45) is 11.8 Å². The second-order valence-corrected chi connectivity index (χ2v) is 8.23. The van der Waals surface area contributed by atoms with E-state index in [1.165, 1.54) is 12.7 Å². The number of benzene rings is 1. The first-order valence-corrected chi connectivity index (χ1v) is 10.5. The van der Waals surface area contributed by atoms with E-state index in [0.29, 0.717) is 0 Å². The lowest BCUT2D eigenvalue weighted by Gasteiger charge is -2.27. The van der Waals surface area contributed by atoms with Crippen molar-refractivity contribution in [3.63, 3.8) is 0 Å². The molecule has 29 heavy (non-hydrogen) atoms. The molecule has 2 aromatic rings. The quantitative estimate of drug-likeness (QED) is 0.751. The van der Waals surface area contributed by atoms with E-state index in [1.807, 2.05) is 45.0 Å². The van der Waals surface area contributed by atoms with Gasteiger partial charge >= 0.3 is 0 Å². The van der Waals surface area contributed by atoms with Crippen molar-refractivity contribution in [3.05, 3.63) is 42.5 Å². The Morgan fingerprint density at radius 3 is 2.31 bits per heavy atom. The molecule has 1 aromatic carbocycles.